The van der Waals surface area contributed by atoms with Crippen LogP contribution in [0.4, 0.5) is 0 Å². The van der Waals surface area contributed by atoms with E-state index in [4.69, 9.17) is 9.47 Å². The second kappa shape index (κ2) is 38.3. The molecule has 5 nitrogen and oxygen atoms in total. The van der Waals surface area contributed by atoms with Crippen molar-refractivity contribution in [1.82, 2.24) is 0 Å². The summed E-state index contributed by atoms with van der Waals surface area (Å²) in [5.41, 5.74) is 0. The molecule has 0 saturated carbocycles. The summed E-state index contributed by atoms with van der Waals surface area (Å²) >= 11 is 0. The Kier molecular flexibility index (Phi) is 35.7. The molecule has 0 aliphatic rings. The van der Waals surface area contributed by atoms with Crippen LogP contribution in [0.1, 0.15) is 142 Å². The Morgan fingerprint density at radius 1 is 0.521 bits per heavy atom. The van der Waals surface area contributed by atoms with E-state index in [-0.39, 0.29) is 31.6 Å². The van der Waals surface area contributed by atoms with Crippen molar-refractivity contribution in [2.75, 3.05) is 13.2 Å². The molecule has 0 radical (unpaired) electrons. The molecule has 0 rings (SSSR count). The summed E-state index contributed by atoms with van der Waals surface area (Å²) in [4.78, 5) is 24.2. The first kappa shape index (κ1) is 44.8. The van der Waals surface area contributed by atoms with Crippen LogP contribution in [-0.2, 0) is 19.1 Å². The number of hydrogen-bond donors (Lipinski definition) is 1. The topological polar surface area (TPSA) is 72.8 Å². The van der Waals surface area contributed by atoms with Crippen LogP contribution in [0.2, 0.25) is 0 Å². The summed E-state index contributed by atoms with van der Waals surface area (Å²) in [5.74, 6) is -0.677. The molecule has 0 spiro atoms. The molecule has 0 fully saturated rings. The second-order valence-electron chi connectivity index (χ2n) is 12.0. The number of hydrogen-bond acceptors (Lipinski definition) is 5. The molecule has 0 aromatic rings. The molecule has 48 heavy (non-hydrogen) atoms. The van der Waals surface area contributed by atoms with Crippen molar-refractivity contribution in [2.45, 2.75) is 148 Å². The third kappa shape index (κ3) is 35.7. The number of ether oxygens (including phenoxy) is 2. The summed E-state index contributed by atoms with van der Waals surface area (Å²) in [5, 5.41) is 9.53. The first-order chi connectivity index (χ1) is 23.6. The van der Waals surface area contributed by atoms with Gasteiger partial charge in [0, 0.05) is 12.8 Å². The molecule has 1 N–H and O–H groups in total. The maximum absolute atomic E-state index is 12.1. The number of allylic oxidation sites excluding steroid dienone is 16. The van der Waals surface area contributed by atoms with E-state index in [2.05, 4.69) is 105 Å². The van der Waals surface area contributed by atoms with E-state index in [1.165, 1.54) is 25.7 Å². The Bertz CT molecular complexity index is 979. The highest BCUT2D eigenvalue weighted by atomic mass is 16.6. The van der Waals surface area contributed by atoms with E-state index in [9.17, 15) is 14.7 Å². The predicted molar refractivity (Wildman–Crippen MR) is 205 cm³/mol. The van der Waals surface area contributed by atoms with Crippen LogP contribution in [-0.4, -0.2) is 36.4 Å². The molecule has 0 saturated heterocycles. The molecule has 0 aliphatic heterocycles. The highest BCUT2D eigenvalue weighted by molar-refractivity contribution is 5.70. The third-order valence-electron chi connectivity index (χ3n) is 7.42. The second-order valence-corrected chi connectivity index (χ2v) is 12.0. The van der Waals surface area contributed by atoms with E-state index in [1.807, 2.05) is 6.08 Å². The van der Waals surface area contributed by atoms with Gasteiger partial charge in [-0.3, -0.25) is 9.59 Å². The van der Waals surface area contributed by atoms with Crippen LogP contribution < -0.4 is 0 Å². The lowest BCUT2D eigenvalue weighted by Crippen LogP contribution is -2.28. The Hall–Kier alpha value is -3.18. The smallest absolute Gasteiger partial charge is 0.306 e. The van der Waals surface area contributed by atoms with Crippen molar-refractivity contribution in [3.05, 3.63) is 97.2 Å². The number of rotatable bonds is 32. The van der Waals surface area contributed by atoms with Crippen LogP contribution in [0.15, 0.2) is 97.2 Å². The lowest BCUT2D eigenvalue weighted by molar-refractivity contribution is -0.161. The van der Waals surface area contributed by atoms with Crippen LogP contribution in [0, 0.1) is 0 Å². The standard InChI is InChI=1S/C43H68O5/c1-3-5-7-9-11-13-15-17-18-19-20-21-22-23-24-26-28-30-32-34-36-38-43(46)48-41(39-44)40-47-42(45)37-35-33-31-29-27-25-16-14-12-10-8-6-4-2/h6,8,10-14,16-18,20-21,23-24,28,30,41,44H,3-5,7,9,15,19,22,25-27,29,31-40H2,1-2H3/b8-6+,12-10+,13-11+,16-14+,18-17+,21-20+,24-23+,30-28+. The molecule has 1 atom stereocenters. The van der Waals surface area contributed by atoms with Crippen molar-refractivity contribution in [3.63, 3.8) is 0 Å². The fraction of sp³-hybridized carbons (Fsp3) is 0.581. The Morgan fingerprint density at radius 2 is 0.979 bits per heavy atom. The number of carbonyl (C=O) groups is 2. The van der Waals surface area contributed by atoms with Gasteiger partial charge in [0.2, 0.25) is 0 Å². The number of carbonyl (C=O) groups excluding carboxylic acids is 2. The van der Waals surface area contributed by atoms with Gasteiger partial charge in [-0.05, 0) is 83.5 Å². The van der Waals surface area contributed by atoms with Crippen LogP contribution in [0.25, 0.3) is 0 Å². The first-order valence-electron chi connectivity index (χ1n) is 18.8. The minimum absolute atomic E-state index is 0.101. The van der Waals surface area contributed by atoms with Crippen molar-refractivity contribution < 1.29 is 24.2 Å². The fourth-order valence-electron chi connectivity index (χ4n) is 4.57. The average Bonchev–Trinajstić information content (AvgIpc) is 3.09. The Balaban J connectivity index is 3.74. The minimum Gasteiger partial charge on any atom is -0.462 e. The first-order valence-corrected chi connectivity index (χ1v) is 18.8. The van der Waals surface area contributed by atoms with E-state index < -0.39 is 6.10 Å². The van der Waals surface area contributed by atoms with Crippen molar-refractivity contribution in [3.8, 4) is 0 Å². The molecule has 0 amide bonds. The predicted octanol–water partition coefficient (Wildman–Crippen LogP) is 11.7. The minimum atomic E-state index is -0.808. The third-order valence-corrected chi connectivity index (χ3v) is 7.42. The SMILES string of the molecule is CC/C=C/C=C/C=C/CCCCCCCC(=O)OCC(CO)OC(=O)CCCC/C=C/C/C=C/C/C=C/C/C=C/C/C=C/CCCCC. The highest BCUT2D eigenvalue weighted by Gasteiger charge is 2.16. The van der Waals surface area contributed by atoms with Crippen molar-refractivity contribution in [1.29, 1.82) is 0 Å². The van der Waals surface area contributed by atoms with Crippen molar-refractivity contribution >= 4 is 11.9 Å². The molecular weight excluding hydrogens is 596 g/mol. The summed E-state index contributed by atoms with van der Waals surface area (Å²) in [6.45, 7) is 3.89. The maximum atomic E-state index is 12.1. The van der Waals surface area contributed by atoms with Crippen LogP contribution in [0.5, 0.6) is 0 Å². The van der Waals surface area contributed by atoms with E-state index in [0.29, 0.717) is 6.42 Å². The summed E-state index contributed by atoms with van der Waals surface area (Å²) in [7, 11) is 0. The van der Waals surface area contributed by atoms with E-state index in [0.717, 1.165) is 89.9 Å². The number of aliphatic hydroxyl groups excluding tert-OH is 1. The molecule has 0 aromatic carbocycles. The van der Waals surface area contributed by atoms with E-state index in [1.54, 1.807) is 0 Å². The monoisotopic (exact) mass is 665 g/mol. The van der Waals surface area contributed by atoms with Gasteiger partial charge in [-0.25, -0.2) is 0 Å². The fourth-order valence-corrected chi connectivity index (χ4v) is 4.57. The quantitative estimate of drug-likeness (QED) is 0.0335. The summed E-state index contributed by atoms with van der Waals surface area (Å²) in [6, 6.07) is 0. The zero-order valence-corrected chi connectivity index (χ0v) is 30.5. The molecule has 0 aromatic heterocycles. The molecule has 1 unspecified atom stereocenters. The lowest BCUT2D eigenvalue weighted by Gasteiger charge is -2.15. The summed E-state index contributed by atoms with van der Waals surface area (Å²) < 4.78 is 10.5. The van der Waals surface area contributed by atoms with Gasteiger partial charge in [0.25, 0.3) is 0 Å². The van der Waals surface area contributed by atoms with Gasteiger partial charge in [-0.15, -0.1) is 0 Å². The molecule has 270 valence electrons. The van der Waals surface area contributed by atoms with Gasteiger partial charge >= 0.3 is 11.9 Å². The van der Waals surface area contributed by atoms with Gasteiger partial charge in [-0.2, -0.15) is 0 Å². The molecule has 0 heterocycles. The normalized spacial score (nSPS) is 13.3. The Morgan fingerprint density at radius 3 is 1.56 bits per heavy atom. The zero-order valence-electron chi connectivity index (χ0n) is 30.5. The molecular formula is C43H68O5. The lowest BCUT2D eigenvalue weighted by atomic mass is 10.1. The van der Waals surface area contributed by atoms with Crippen LogP contribution >= 0.6 is 0 Å². The molecule has 0 bridgehead atoms. The van der Waals surface area contributed by atoms with Crippen molar-refractivity contribution in [2.24, 2.45) is 0 Å². The number of esters is 2. The van der Waals surface area contributed by atoms with Gasteiger partial charge < -0.3 is 14.6 Å². The number of aliphatic hydroxyl groups is 1. The molecule has 5 heteroatoms. The van der Waals surface area contributed by atoms with Gasteiger partial charge in [0.15, 0.2) is 6.10 Å². The van der Waals surface area contributed by atoms with Gasteiger partial charge in [-0.1, -0.05) is 143 Å². The zero-order chi connectivity index (χ0) is 35.0. The van der Waals surface area contributed by atoms with E-state index >= 15 is 0 Å². The maximum Gasteiger partial charge on any atom is 0.306 e. The summed E-state index contributed by atoms with van der Waals surface area (Å²) in [6.07, 6.45) is 53.2. The van der Waals surface area contributed by atoms with Gasteiger partial charge in [0.05, 0.1) is 6.61 Å². The number of unbranched alkanes of at least 4 members (excludes halogenated alkanes) is 10. The largest absolute Gasteiger partial charge is 0.462 e. The molecule has 0 aliphatic carbocycles. The van der Waals surface area contributed by atoms with Crippen LogP contribution in [0.3, 0.4) is 0 Å². The Labute approximate surface area is 294 Å². The highest BCUT2D eigenvalue weighted by Crippen LogP contribution is 2.10. The average molecular weight is 665 g/mol. The van der Waals surface area contributed by atoms with Gasteiger partial charge in [0.1, 0.15) is 6.61 Å².